The molecular weight excluding hydrogens is 176 g/mol. The highest BCUT2D eigenvalue weighted by molar-refractivity contribution is 5.16. The van der Waals surface area contributed by atoms with Gasteiger partial charge in [0.25, 0.3) is 0 Å². The lowest BCUT2D eigenvalue weighted by Gasteiger charge is -2.31. The summed E-state index contributed by atoms with van der Waals surface area (Å²) in [6.45, 7) is 0.819. The second-order valence-electron chi connectivity index (χ2n) is 4.56. The van der Waals surface area contributed by atoms with Crippen LogP contribution >= 0.6 is 0 Å². The molecule has 0 atom stereocenters. The first-order valence-electron chi connectivity index (χ1n) is 5.85. The summed E-state index contributed by atoms with van der Waals surface area (Å²) in [5.41, 5.74) is 0.613. The molecule has 0 spiro atoms. The minimum absolute atomic E-state index is 0.531. The van der Waals surface area contributed by atoms with E-state index < -0.39 is 5.60 Å². The summed E-state index contributed by atoms with van der Waals surface area (Å²) in [6, 6.07) is 0. The quantitative estimate of drug-likeness (QED) is 0.653. The summed E-state index contributed by atoms with van der Waals surface area (Å²) in [4.78, 5) is 0. The van der Waals surface area contributed by atoms with Gasteiger partial charge in [0.05, 0.1) is 18.5 Å². The lowest BCUT2D eigenvalue weighted by Crippen LogP contribution is -2.31. The number of aliphatic hydroxyl groups is 1. The van der Waals surface area contributed by atoms with Crippen molar-refractivity contribution in [2.45, 2.75) is 57.0 Å². The van der Waals surface area contributed by atoms with Crippen LogP contribution in [0.5, 0.6) is 0 Å². The number of hydrogen-bond acceptors (Lipinski definition) is 2. The molecule has 14 heavy (non-hydrogen) atoms. The van der Waals surface area contributed by atoms with Crippen molar-refractivity contribution in [1.29, 1.82) is 0 Å². The molecule has 0 amide bonds. The van der Waals surface area contributed by atoms with E-state index in [0.717, 1.165) is 50.7 Å². The van der Waals surface area contributed by atoms with Gasteiger partial charge in [-0.25, -0.2) is 0 Å². The van der Waals surface area contributed by atoms with Crippen LogP contribution in [-0.2, 0) is 4.74 Å². The molecule has 0 aromatic rings. The molecule has 1 fully saturated rings. The number of hydrogen-bond donors (Lipinski definition) is 1. The Morgan fingerprint density at radius 1 is 1.07 bits per heavy atom. The van der Waals surface area contributed by atoms with Crippen molar-refractivity contribution in [2.24, 2.45) is 0 Å². The molecule has 2 heteroatoms. The fourth-order valence-electron chi connectivity index (χ4n) is 2.54. The molecule has 2 nitrogen and oxygen atoms in total. The summed E-state index contributed by atoms with van der Waals surface area (Å²) in [5, 5.41) is 10.5. The molecule has 0 aromatic heterocycles. The second kappa shape index (κ2) is 4.35. The van der Waals surface area contributed by atoms with E-state index >= 15 is 0 Å². The van der Waals surface area contributed by atoms with Crippen molar-refractivity contribution in [1.82, 2.24) is 0 Å². The molecule has 2 rings (SSSR count). The standard InChI is InChI=1S/C12H20O2/c13-12(7-3-1-2-4-8-12)11-6-5-9-14-10-11/h10,13H,1-9H2. The lowest BCUT2D eigenvalue weighted by atomic mass is 9.84. The highest BCUT2D eigenvalue weighted by atomic mass is 16.5. The van der Waals surface area contributed by atoms with E-state index in [9.17, 15) is 5.11 Å². The van der Waals surface area contributed by atoms with Gasteiger partial charge in [-0.3, -0.25) is 0 Å². The first-order chi connectivity index (χ1) is 6.81. The van der Waals surface area contributed by atoms with Crippen molar-refractivity contribution in [3.63, 3.8) is 0 Å². The predicted octanol–water partition coefficient (Wildman–Crippen LogP) is 2.77. The maximum absolute atomic E-state index is 10.5. The average Bonchev–Trinajstić information content (AvgIpc) is 2.46. The Hall–Kier alpha value is -0.500. The van der Waals surface area contributed by atoms with Gasteiger partial charge in [-0.2, -0.15) is 0 Å². The van der Waals surface area contributed by atoms with Gasteiger partial charge in [0.15, 0.2) is 0 Å². The van der Waals surface area contributed by atoms with Crippen LogP contribution < -0.4 is 0 Å². The second-order valence-corrected chi connectivity index (χ2v) is 4.56. The van der Waals surface area contributed by atoms with Gasteiger partial charge < -0.3 is 9.84 Å². The summed E-state index contributed by atoms with van der Waals surface area (Å²) in [7, 11) is 0. The van der Waals surface area contributed by atoms with Crippen LogP contribution in [0.2, 0.25) is 0 Å². The molecule has 0 saturated heterocycles. The maximum Gasteiger partial charge on any atom is 0.0889 e. The first-order valence-corrected chi connectivity index (χ1v) is 5.85. The van der Waals surface area contributed by atoms with Gasteiger partial charge in [0.2, 0.25) is 0 Å². The molecule has 80 valence electrons. The fourth-order valence-corrected chi connectivity index (χ4v) is 2.54. The van der Waals surface area contributed by atoms with Crippen LogP contribution in [0.1, 0.15) is 51.4 Å². The smallest absolute Gasteiger partial charge is 0.0889 e. The zero-order chi connectivity index (χ0) is 9.86. The van der Waals surface area contributed by atoms with Crippen LogP contribution in [0.3, 0.4) is 0 Å². The molecule has 0 aromatic carbocycles. The Morgan fingerprint density at radius 3 is 2.36 bits per heavy atom. The van der Waals surface area contributed by atoms with Crippen LogP contribution in [0, 0.1) is 0 Å². The Labute approximate surface area is 86.0 Å². The van der Waals surface area contributed by atoms with Crippen molar-refractivity contribution < 1.29 is 9.84 Å². The minimum Gasteiger partial charge on any atom is -0.501 e. The highest BCUT2D eigenvalue weighted by Crippen LogP contribution is 2.36. The zero-order valence-corrected chi connectivity index (χ0v) is 8.80. The van der Waals surface area contributed by atoms with Crippen molar-refractivity contribution >= 4 is 0 Å². The van der Waals surface area contributed by atoms with Gasteiger partial charge in [-0.15, -0.1) is 0 Å². The molecule has 2 aliphatic rings. The topological polar surface area (TPSA) is 29.5 Å². The van der Waals surface area contributed by atoms with E-state index in [1.54, 1.807) is 0 Å². The highest BCUT2D eigenvalue weighted by Gasteiger charge is 2.32. The third-order valence-electron chi connectivity index (χ3n) is 3.46. The molecule has 0 bridgehead atoms. The van der Waals surface area contributed by atoms with E-state index in [0.29, 0.717) is 0 Å². The molecule has 1 saturated carbocycles. The average molecular weight is 196 g/mol. The number of ether oxygens (including phenoxy) is 1. The van der Waals surface area contributed by atoms with Crippen LogP contribution in [0.4, 0.5) is 0 Å². The van der Waals surface area contributed by atoms with Gasteiger partial charge in [0.1, 0.15) is 0 Å². The van der Waals surface area contributed by atoms with Gasteiger partial charge >= 0.3 is 0 Å². The molecule has 0 radical (unpaired) electrons. The van der Waals surface area contributed by atoms with Crippen molar-refractivity contribution in [3.8, 4) is 0 Å². The van der Waals surface area contributed by atoms with Crippen molar-refractivity contribution in [2.75, 3.05) is 6.61 Å². The number of rotatable bonds is 1. The van der Waals surface area contributed by atoms with Gasteiger partial charge in [-0.1, -0.05) is 25.7 Å². The largest absolute Gasteiger partial charge is 0.501 e. The molecule has 1 heterocycles. The lowest BCUT2D eigenvalue weighted by molar-refractivity contribution is 0.0477. The van der Waals surface area contributed by atoms with Crippen LogP contribution in [-0.4, -0.2) is 17.3 Å². The predicted molar refractivity (Wildman–Crippen MR) is 55.9 cm³/mol. The third kappa shape index (κ3) is 2.11. The van der Waals surface area contributed by atoms with Gasteiger partial charge in [-0.05, 0) is 31.3 Å². The Kier molecular flexibility index (Phi) is 3.12. The van der Waals surface area contributed by atoms with Crippen LogP contribution in [0.25, 0.3) is 0 Å². The maximum atomic E-state index is 10.5. The van der Waals surface area contributed by atoms with Gasteiger partial charge in [0, 0.05) is 0 Å². The summed E-state index contributed by atoms with van der Waals surface area (Å²) >= 11 is 0. The Bertz CT molecular complexity index is 212. The fraction of sp³-hybridized carbons (Fsp3) is 0.833. The minimum atomic E-state index is -0.531. The van der Waals surface area contributed by atoms with E-state index in [1.807, 2.05) is 6.26 Å². The van der Waals surface area contributed by atoms with E-state index in [-0.39, 0.29) is 0 Å². The van der Waals surface area contributed by atoms with Crippen molar-refractivity contribution in [3.05, 3.63) is 11.8 Å². The van der Waals surface area contributed by atoms with E-state index in [4.69, 9.17) is 4.74 Å². The molecule has 1 aliphatic heterocycles. The summed E-state index contributed by atoms with van der Waals surface area (Å²) in [5.74, 6) is 0. The normalized spacial score (nSPS) is 27.4. The zero-order valence-electron chi connectivity index (χ0n) is 8.80. The van der Waals surface area contributed by atoms with E-state index in [2.05, 4.69) is 0 Å². The SMILES string of the molecule is OC1(C2=COCCC2)CCCCCC1. The molecule has 1 N–H and O–H groups in total. The van der Waals surface area contributed by atoms with E-state index in [1.165, 1.54) is 12.8 Å². The first kappa shape index (κ1) is 10.0. The molecule has 1 aliphatic carbocycles. The third-order valence-corrected chi connectivity index (χ3v) is 3.46. The molecule has 0 unspecified atom stereocenters. The summed E-state index contributed by atoms with van der Waals surface area (Å²) in [6.07, 6.45) is 10.6. The Morgan fingerprint density at radius 2 is 1.79 bits per heavy atom. The monoisotopic (exact) mass is 196 g/mol. The Balaban J connectivity index is 2.07. The van der Waals surface area contributed by atoms with Crippen LogP contribution in [0.15, 0.2) is 11.8 Å². The molecular formula is C12H20O2. The summed E-state index contributed by atoms with van der Waals surface area (Å²) < 4.78 is 5.32.